The molecule has 0 bridgehead atoms. The highest BCUT2D eigenvalue weighted by Gasteiger charge is 2.39. The van der Waals surface area contributed by atoms with Gasteiger partial charge in [-0.15, -0.1) is 0 Å². The molecule has 24 heavy (non-hydrogen) atoms. The van der Waals surface area contributed by atoms with Gasteiger partial charge >= 0.3 is 0 Å². The Hall–Kier alpha value is -0.493. The summed E-state index contributed by atoms with van der Waals surface area (Å²) in [6, 6.07) is 0. The Kier molecular flexibility index (Phi) is 8.33. The summed E-state index contributed by atoms with van der Waals surface area (Å²) < 4.78 is 17.6. The lowest BCUT2D eigenvalue weighted by Gasteiger charge is -2.38. The summed E-state index contributed by atoms with van der Waals surface area (Å²) >= 11 is 0. The molecule has 1 aliphatic heterocycles. The first-order valence-corrected chi connectivity index (χ1v) is 12.0. The van der Waals surface area contributed by atoms with Crippen LogP contribution in [0.4, 0.5) is 0 Å². The minimum Gasteiger partial charge on any atom is -0.407 e. The predicted molar refractivity (Wildman–Crippen MR) is 101 cm³/mol. The van der Waals surface area contributed by atoms with Gasteiger partial charge in [0.05, 0.1) is 6.61 Å². The third kappa shape index (κ3) is 7.17. The average Bonchev–Trinajstić information content (AvgIpc) is 2.49. The van der Waals surface area contributed by atoms with E-state index in [0.717, 1.165) is 25.0 Å². The lowest BCUT2D eigenvalue weighted by molar-refractivity contribution is -0.156. The van der Waals surface area contributed by atoms with Crippen LogP contribution in [0.3, 0.4) is 0 Å². The molecule has 0 aromatic carbocycles. The second kappa shape index (κ2) is 9.27. The molecular formula is C19H36O4Si. The Balaban J connectivity index is 2.53. The fraction of sp³-hybridized carbons (Fsp3) is 0.842. The molecule has 0 aliphatic carbocycles. The summed E-state index contributed by atoms with van der Waals surface area (Å²) in [5.41, 5.74) is 1.12. The fourth-order valence-corrected chi connectivity index (χ4v) is 3.59. The Morgan fingerprint density at radius 3 is 2.46 bits per heavy atom. The number of carbonyl (C=O) groups is 1. The number of ether oxygens (including phenoxy) is 2. The smallest absolute Gasteiger partial charge is 0.193 e. The Bertz CT molecular complexity index is 431. The lowest BCUT2D eigenvalue weighted by Crippen LogP contribution is -2.45. The Morgan fingerprint density at radius 1 is 1.29 bits per heavy atom. The Labute approximate surface area is 149 Å². The van der Waals surface area contributed by atoms with E-state index < -0.39 is 8.32 Å². The molecule has 0 N–H and O–H groups in total. The van der Waals surface area contributed by atoms with Gasteiger partial charge in [-0.05, 0) is 57.7 Å². The van der Waals surface area contributed by atoms with Crippen LogP contribution in [-0.4, -0.2) is 39.7 Å². The third-order valence-electron chi connectivity index (χ3n) is 5.01. The van der Waals surface area contributed by atoms with Crippen molar-refractivity contribution in [2.24, 2.45) is 0 Å². The largest absolute Gasteiger partial charge is 0.407 e. The van der Waals surface area contributed by atoms with Crippen molar-refractivity contribution >= 4 is 14.1 Å². The Morgan fingerprint density at radius 2 is 1.96 bits per heavy atom. The molecule has 0 aromatic heterocycles. The summed E-state index contributed by atoms with van der Waals surface area (Å²) in [7, 11) is -1.95. The van der Waals surface area contributed by atoms with Crippen molar-refractivity contribution < 1.29 is 18.7 Å². The highest BCUT2D eigenvalue weighted by molar-refractivity contribution is 6.74. The number of Topliss-reactive ketones (excluding diaryl/α,β-unsaturated/α-hetero) is 1. The minimum absolute atomic E-state index is 0.0748. The maximum Gasteiger partial charge on any atom is 0.193 e. The quantitative estimate of drug-likeness (QED) is 0.461. The van der Waals surface area contributed by atoms with E-state index in [1.807, 2.05) is 6.92 Å². The van der Waals surface area contributed by atoms with Gasteiger partial charge in [0.2, 0.25) is 0 Å². The molecule has 1 unspecified atom stereocenters. The normalized spacial score (nSPS) is 21.6. The van der Waals surface area contributed by atoms with Crippen molar-refractivity contribution in [1.82, 2.24) is 0 Å². The number of hydrogen-bond acceptors (Lipinski definition) is 4. The molecule has 5 heteroatoms. The lowest BCUT2D eigenvalue weighted by atomic mass is 10.1. The minimum atomic E-state index is -1.95. The summed E-state index contributed by atoms with van der Waals surface area (Å²) in [6.07, 6.45) is 5.52. The molecule has 1 fully saturated rings. The fourth-order valence-electron chi connectivity index (χ4n) is 2.26. The van der Waals surface area contributed by atoms with E-state index in [4.69, 9.17) is 13.9 Å². The second-order valence-electron chi connectivity index (χ2n) is 8.37. The van der Waals surface area contributed by atoms with Gasteiger partial charge in [0, 0.05) is 6.61 Å². The van der Waals surface area contributed by atoms with Gasteiger partial charge in [0.1, 0.15) is 6.10 Å². The highest BCUT2D eigenvalue weighted by Crippen LogP contribution is 2.37. The van der Waals surface area contributed by atoms with E-state index in [0.29, 0.717) is 13.0 Å². The molecule has 4 nitrogen and oxygen atoms in total. The number of hydrogen-bond donors (Lipinski definition) is 0. The highest BCUT2D eigenvalue weighted by atomic mass is 28.4. The van der Waals surface area contributed by atoms with Crippen molar-refractivity contribution in [3.05, 3.63) is 11.6 Å². The van der Waals surface area contributed by atoms with Gasteiger partial charge in [-0.25, -0.2) is 0 Å². The molecule has 1 rings (SSSR count). The summed E-state index contributed by atoms with van der Waals surface area (Å²) in [5, 5.41) is 0.0981. The second-order valence-corrected chi connectivity index (χ2v) is 13.1. The van der Waals surface area contributed by atoms with Crippen LogP contribution in [0.2, 0.25) is 18.1 Å². The van der Waals surface area contributed by atoms with Gasteiger partial charge in [-0.2, -0.15) is 0 Å². The topological polar surface area (TPSA) is 44.8 Å². The van der Waals surface area contributed by atoms with Crippen molar-refractivity contribution in [3.63, 3.8) is 0 Å². The summed E-state index contributed by atoms with van der Waals surface area (Å²) in [6.45, 7) is 15.9. The van der Waals surface area contributed by atoms with Gasteiger partial charge in [0.25, 0.3) is 0 Å². The standard InChI is InChI=1S/C19H36O4Si/c1-15(14-22-18-10-8-9-13-21-18)11-12-17(16(2)20)23-24(6,7)19(3,4)5/h11,17-18H,8-10,12-14H2,1-7H3/t17-,18?/m0/s1. The van der Waals surface area contributed by atoms with Gasteiger partial charge in [0.15, 0.2) is 20.4 Å². The SMILES string of the molecule is CC(=O)[C@H](CC=C(C)COC1CCCCO1)O[Si](C)(C)C(C)(C)C. The van der Waals surface area contributed by atoms with Crippen molar-refractivity contribution in [1.29, 1.82) is 0 Å². The third-order valence-corrected chi connectivity index (χ3v) is 9.50. The summed E-state index contributed by atoms with van der Waals surface area (Å²) in [5.74, 6) is 0.0976. The first-order chi connectivity index (χ1) is 11.0. The molecular weight excluding hydrogens is 320 g/mol. The van der Waals surface area contributed by atoms with E-state index in [2.05, 4.69) is 39.9 Å². The zero-order valence-electron chi connectivity index (χ0n) is 16.6. The van der Waals surface area contributed by atoms with Gasteiger partial charge < -0.3 is 13.9 Å². The van der Waals surface area contributed by atoms with Crippen LogP contribution >= 0.6 is 0 Å². The average molecular weight is 357 g/mol. The molecule has 1 aliphatic rings. The molecule has 140 valence electrons. The van der Waals surface area contributed by atoms with Gasteiger partial charge in [-0.1, -0.05) is 32.4 Å². The number of carbonyl (C=O) groups excluding carboxylic acids is 1. The molecule has 0 radical (unpaired) electrons. The zero-order valence-corrected chi connectivity index (χ0v) is 17.6. The molecule has 1 saturated heterocycles. The van der Waals surface area contributed by atoms with Crippen molar-refractivity contribution in [2.45, 2.75) is 90.8 Å². The first-order valence-electron chi connectivity index (χ1n) is 9.10. The van der Waals surface area contributed by atoms with Gasteiger partial charge in [-0.3, -0.25) is 4.79 Å². The number of ketones is 1. The first kappa shape index (κ1) is 21.5. The van der Waals surface area contributed by atoms with E-state index in [1.54, 1.807) is 6.92 Å². The maximum absolute atomic E-state index is 12.0. The molecule has 0 spiro atoms. The molecule has 2 atom stereocenters. The van der Waals surface area contributed by atoms with E-state index in [1.165, 1.54) is 6.42 Å². The van der Waals surface area contributed by atoms with Crippen molar-refractivity contribution in [2.75, 3.05) is 13.2 Å². The van der Waals surface area contributed by atoms with Crippen LogP contribution in [-0.2, 0) is 18.7 Å². The monoisotopic (exact) mass is 356 g/mol. The van der Waals surface area contributed by atoms with Crippen LogP contribution in [0.25, 0.3) is 0 Å². The number of rotatable bonds is 8. The molecule has 0 saturated carbocycles. The zero-order chi connectivity index (χ0) is 18.4. The molecule has 0 amide bonds. The van der Waals surface area contributed by atoms with Crippen LogP contribution in [0.5, 0.6) is 0 Å². The van der Waals surface area contributed by atoms with Crippen LogP contribution in [0.15, 0.2) is 11.6 Å². The van der Waals surface area contributed by atoms with E-state index in [9.17, 15) is 4.79 Å². The van der Waals surface area contributed by atoms with E-state index >= 15 is 0 Å². The van der Waals surface area contributed by atoms with Crippen LogP contribution in [0, 0.1) is 0 Å². The van der Waals surface area contributed by atoms with E-state index in [-0.39, 0.29) is 23.2 Å². The van der Waals surface area contributed by atoms with Crippen LogP contribution < -0.4 is 0 Å². The predicted octanol–water partition coefficient (Wildman–Crippen LogP) is 4.85. The van der Waals surface area contributed by atoms with Crippen molar-refractivity contribution in [3.8, 4) is 0 Å². The molecule has 0 aromatic rings. The molecule has 1 heterocycles. The summed E-state index contributed by atoms with van der Waals surface area (Å²) in [4.78, 5) is 12.0. The van der Waals surface area contributed by atoms with Crippen LogP contribution in [0.1, 0.15) is 60.3 Å². The maximum atomic E-state index is 12.0.